The first-order valence-corrected chi connectivity index (χ1v) is 8.75. The third-order valence-corrected chi connectivity index (χ3v) is 4.92. The number of carbonyl (C=O) groups excluding carboxylic acids is 1. The number of nitrogens with one attached hydrogen (secondary N) is 1. The van der Waals surface area contributed by atoms with Crippen LogP contribution in [0, 0.1) is 0 Å². The Bertz CT molecular complexity index is 799. The number of nitrogens with zero attached hydrogens (tertiary/aromatic N) is 5. The van der Waals surface area contributed by atoms with E-state index in [1.165, 1.54) is 22.3 Å². The Balaban J connectivity index is 1.69. The first-order chi connectivity index (χ1) is 10.9. The third kappa shape index (κ3) is 3.45. The lowest BCUT2D eigenvalue weighted by atomic mass is 9.93. The predicted molar refractivity (Wildman–Crippen MR) is 89.0 cm³/mol. The highest BCUT2D eigenvalue weighted by Gasteiger charge is 2.19. The van der Waals surface area contributed by atoms with Gasteiger partial charge in [-0.1, -0.05) is 20.8 Å². The van der Waals surface area contributed by atoms with Crippen molar-refractivity contribution in [2.45, 2.75) is 32.7 Å². The van der Waals surface area contributed by atoms with Crippen molar-refractivity contribution in [1.82, 2.24) is 30.5 Å². The van der Waals surface area contributed by atoms with Crippen LogP contribution in [-0.4, -0.2) is 31.1 Å². The van der Waals surface area contributed by atoms with Crippen LogP contribution in [0.1, 0.15) is 41.1 Å². The largest absolute Gasteiger partial charge is 0.345 e. The number of tetrazole rings is 1. The van der Waals surface area contributed by atoms with Gasteiger partial charge in [0.1, 0.15) is 16.2 Å². The number of thiazole rings is 1. The van der Waals surface area contributed by atoms with Crippen molar-refractivity contribution in [1.29, 1.82) is 0 Å². The van der Waals surface area contributed by atoms with Gasteiger partial charge in [-0.2, -0.15) is 4.68 Å². The van der Waals surface area contributed by atoms with Crippen LogP contribution in [0.4, 0.5) is 0 Å². The molecule has 0 aliphatic heterocycles. The number of rotatable bonds is 4. The van der Waals surface area contributed by atoms with Crippen molar-refractivity contribution in [2.24, 2.45) is 0 Å². The highest BCUT2D eigenvalue weighted by Crippen LogP contribution is 2.24. The summed E-state index contributed by atoms with van der Waals surface area (Å²) >= 11 is 2.91. The van der Waals surface area contributed by atoms with Crippen LogP contribution in [0.2, 0.25) is 0 Å². The van der Waals surface area contributed by atoms with Crippen molar-refractivity contribution in [3.8, 4) is 5.69 Å². The van der Waals surface area contributed by atoms with Crippen LogP contribution in [0.3, 0.4) is 0 Å². The molecule has 0 fully saturated rings. The maximum absolute atomic E-state index is 12.4. The fourth-order valence-electron chi connectivity index (χ4n) is 1.90. The molecule has 0 bridgehead atoms. The number of hydrogen-bond acceptors (Lipinski definition) is 7. The van der Waals surface area contributed by atoms with Gasteiger partial charge in [0.15, 0.2) is 0 Å². The molecule has 3 aromatic heterocycles. The second-order valence-electron chi connectivity index (χ2n) is 5.95. The lowest BCUT2D eigenvalue weighted by Crippen LogP contribution is -2.23. The van der Waals surface area contributed by atoms with E-state index in [4.69, 9.17) is 0 Å². The second-order valence-corrected chi connectivity index (χ2v) is 7.81. The zero-order chi connectivity index (χ0) is 16.4. The maximum Gasteiger partial charge on any atom is 0.263 e. The summed E-state index contributed by atoms with van der Waals surface area (Å²) in [5.74, 6) is -0.155. The number of carbonyl (C=O) groups is 1. The first kappa shape index (κ1) is 15.8. The van der Waals surface area contributed by atoms with E-state index in [2.05, 4.69) is 46.6 Å². The standard InChI is InChI=1S/C14H16N6OS2/c1-14(2,3)10-7-23-11(17-10)6-15-13(21)12-9(4-5-22-12)20-8-16-18-19-20/h4-5,7-8H,6H2,1-3H3,(H,15,21). The summed E-state index contributed by atoms with van der Waals surface area (Å²) < 4.78 is 1.48. The molecule has 9 heteroatoms. The molecule has 0 unspecified atom stereocenters. The van der Waals surface area contributed by atoms with Crippen LogP contribution in [0.15, 0.2) is 23.2 Å². The number of aromatic nitrogens is 5. The van der Waals surface area contributed by atoms with Crippen molar-refractivity contribution in [3.05, 3.63) is 38.7 Å². The topological polar surface area (TPSA) is 85.6 Å². The van der Waals surface area contributed by atoms with E-state index in [9.17, 15) is 4.79 Å². The van der Waals surface area contributed by atoms with Gasteiger partial charge < -0.3 is 5.32 Å². The molecule has 0 spiro atoms. The predicted octanol–water partition coefficient (Wildman–Crippen LogP) is 2.41. The zero-order valence-corrected chi connectivity index (χ0v) is 14.6. The summed E-state index contributed by atoms with van der Waals surface area (Å²) in [4.78, 5) is 17.5. The van der Waals surface area contributed by atoms with Gasteiger partial charge in [-0.15, -0.1) is 27.8 Å². The van der Waals surface area contributed by atoms with E-state index >= 15 is 0 Å². The molecule has 0 saturated heterocycles. The van der Waals surface area contributed by atoms with Gasteiger partial charge in [-0.25, -0.2) is 4.98 Å². The third-order valence-electron chi connectivity index (χ3n) is 3.17. The molecule has 23 heavy (non-hydrogen) atoms. The van der Waals surface area contributed by atoms with E-state index in [0.29, 0.717) is 17.1 Å². The summed E-state index contributed by atoms with van der Waals surface area (Å²) in [7, 11) is 0. The molecular weight excluding hydrogens is 332 g/mol. The fraction of sp³-hybridized carbons (Fsp3) is 0.357. The molecule has 0 atom stereocenters. The number of amides is 1. The van der Waals surface area contributed by atoms with Gasteiger partial charge in [0.05, 0.1) is 17.9 Å². The van der Waals surface area contributed by atoms with E-state index < -0.39 is 0 Å². The highest BCUT2D eigenvalue weighted by atomic mass is 32.1. The molecule has 1 N–H and O–H groups in total. The Morgan fingerprint density at radius 3 is 2.83 bits per heavy atom. The molecule has 3 heterocycles. The molecule has 0 radical (unpaired) electrons. The average molecular weight is 348 g/mol. The average Bonchev–Trinajstić information content (AvgIpc) is 3.22. The van der Waals surface area contributed by atoms with Gasteiger partial charge in [-0.05, 0) is 21.9 Å². The fourth-order valence-corrected chi connectivity index (χ4v) is 3.65. The summed E-state index contributed by atoms with van der Waals surface area (Å²) in [5.41, 5.74) is 1.73. The van der Waals surface area contributed by atoms with Gasteiger partial charge in [0.25, 0.3) is 5.91 Å². The molecule has 3 aromatic rings. The Kier molecular flexibility index (Phi) is 4.22. The second kappa shape index (κ2) is 6.17. The molecule has 3 rings (SSSR count). The SMILES string of the molecule is CC(C)(C)c1csc(CNC(=O)c2sccc2-n2cnnn2)n1. The van der Waals surface area contributed by atoms with Crippen molar-refractivity contribution >= 4 is 28.6 Å². The summed E-state index contributed by atoms with van der Waals surface area (Å²) in [6.45, 7) is 6.77. The summed E-state index contributed by atoms with van der Waals surface area (Å²) in [6, 6.07) is 1.82. The molecule has 0 aliphatic rings. The molecule has 7 nitrogen and oxygen atoms in total. The zero-order valence-electron chi connectivity index (χ0n) is 13.0. The normalized spacial score (nSPS) is 11.6. The van der Waals surface area contributed by atoms with E-state index in [-0.39, 0.29) is 11.3 Å². The Morgan fingerprint density at radius 2 is 2.17 bits per heavy atom. The Morgan fingerprint density at radius 1 is 1.35 bits per heavy atom. The minimum Gasteiger partial charge on any atom is -0.345 e. The molecule has 120 valence electrons. The first-order valence-electron chi connectivity index (χ1n) is 6.99. The van der Waals surface area contributed by atoms with E-state index in [1.807, 2.05) is 16.8 Å². The van der Waals surface area contributed by atoms with Gasteiger partial charge >= 0.3 is 0 Å². The minimum absolute atomic E-state index is 0.0137. The van der Waals surface area contributed by atoms with E-state index in [0.717, 1.165) is 10.7 Å². The molecule has 0 aliphatic carbocycles. The molecule has 0 saturated carbocycles. The number of hydrogen-bond donors (Lipinski definition) is 1. The molecule has 0 aromatic carbocycles. The monoisotopic (exact) mass is 348 g/mol. The van der Waals surface area contributed by atoms with Crippen LogP contribution in [-0.2, 0) is 12.0 Å². The lowest BCUT2D eigenvalue weighted by molar-refractivity contribution is 0.0955. The summed E-state index contributed by atoms with van der Waals surface area (Å²) in [6.07, 6.45) is 1.47. The summed E-state index contributed by atoms with van der Waals surface area (Å²) in [5, 5.41) is 18.7. The molecular formula is C14H16N6OS2. The maximum atomic E-state index is 12.4. The number of thiophene rings is 1. The van der Waals surface area contributed by atoms with Crippen molar-refractivity contribution < 1.29 is 4.79 Å². The Labute approximate surface area is 141 Å². The van der Waals surface area contributed by atoms with Crippen LogP contribution >= 0.6 is 22.7 Å². The van der Waals surface area contributed by atoms with Crippen LogP contribution < -0.4 is 5.32 Å². The molecule has 1 amide bonds. The lowest BCUT2D eigenvalue weighted by Gasteiger charge is -2.14. The van der Waals surface area contributed by atoms with E-state index in [1.54, 1.807) is 11.3 Å². The van der Waals surface area contributed by atoms with Crippen LogP contribution in [0.5, 0.6) is 0 Å². The van der Waals surface area contributed by atoms with Crippen molar-refractivity contribution in [2.75, 3.05) is 0 Å². The van der Waals surface area contributed by atoms with Gasteiger partial charge in [0, 0.05) is 10.8 Å². The highest BCUT2D eigenvalue weighted by molar-refractivity contribution is 7.12. The quantitative estimate of drug-likeness (QED) is 0.782. The van der Waals surface area contributed by atoms with Gasteiger partial charge in [-0.3, -0.25) is 4.79 Å². The van der Waals surface area contributed by atoms with Crippen molar-refractivity contribution in [3.63, 3.8) is 0 Å². The smallest absolute Gasteiger partial charge is 0.263 e. The van der Waals surface area contributed by atoms with Gasteiger partial charge in [0.2, 0.25) is 0 Å². The minimum atomic E-state index is -0.155. The Hall–Kier alpha value is -2.13. The van der Waals surface area contributed by atoms with Crippen LogP contribution in [0.25, 0.3) is 5.69 Å².